The van der Waals surface area contributed by atoms with Gasteiger partial charge in [0.2, 0.25) is 0 Å². The summed E-state index contributed by atoms with van der Waals surface area (Å²) in [7, 11) is 0. The highest BCUT2D eigenvalue weighted by molar-refractivity contribution is 5.37. The van der Waals surface area contributed by atoms with Gasteiger partial charge in [-0.2, -0.15) is 0 Å². The molecule has 3 aliphatic rings. The van der Waals surface area contributed by atoms with Gasteiger partial charge in [0.15, 0.2) is 0 Å². The zero-order valence-corrected chi connectivity index (χ0v) is 15.7. The van der Waals surface area contributed by atoms with Crippen molar-refractivity contribution in [3.63, 3.8) is 0 Å². The lowest BCUT2D eigenvalue weighted by atomic mass is 9.69. The molecule has 0 amide bonds. The molecular weight excluding hydrogens is 302 g/mol. The van der Waals surface area contributed by atoms with Crippen LogP contribution in [-0.4, -0.2) is 10.9 Å². The average molecular weight is 332 g/mol. The van der Waals surface area contributed by atoms with Crippen LogP contribution in [0.25, 0.3) is 0 Å². The predicted octanol–water partition coefficient (Wildman–Crippen LogP) is 6.00. The Balaban J connectivity index is 1.54. The highest BCUT2D eigenvalue weighted by Crippen LogP contribution is 2.71. The van der Waals surface area contributed by atoms with Crippen molar-refractivity contribution in [2.24, 2.45) is 16.7 Å². The number of nitrogens with zero attached hydrogens (tertiary/aromatic N) is 1. The van der Waals surface area contributed by atoms with Crippen molar-refractivity contribution in [3.05, 3.63) is 71.8 Å². The van der Waals surface area contributed by atoms with Crippen molar-refractivity contribution >= 4 is 0 Å². The molecule has 0 aromatic heterocycles. The van der Waals surface area contributed by atoms with Gasteiger partial charge < -0.3 is 0 Å². The summed E-state index contributed by atoms with van der Waals surface area (Å²) in [5.41, 5.74) is 3.90. The van der Waals surface area contributed by atoms with E-state index in [0.29, 0.717) is 22.9 Å². The van der Waals surface area contributed by atoms with Crippen molar-refractivity contribution in [2.75, 3.05) is 0 Å². The maximum absolute atomic E-state index is 2.85. The van der Waals surface area contributed by atoms with E-state index in [1.807, 2.05) is 0 Å². The molecule has 5 atom stereocenters. The maximum Gasteiger partial charge on any atom is 0.0555 e. The summed E-state index contributed by atoms with van der Waals surface area (Å²) >= 11 is 0. The van der Waals surface area contributed by atoms with Crippen molar-refractivity contribution in [2.45, 2.75) is 58.2 Å². The van der Waals surface area contributed by atoms with Crippen LogP contribution in [0.3, 0.4) is 0 Å². The minimum Gasteiger partial charge on any atom is -0.282 e. The molecule has 2 aromatic carbocycles. The summed E-state index contributed by atoms with van der Waals surface area (Å²) in [6.07, 6.45) is 4.21. The smallest absolute Gasteiger partial charge is 0.0555 e. The lowest BCUT2D eigenvalue weighted by molar-refractivity contribution is 0.0866. The first kappa shape index (κ1) is 15.6. The lowest BCUT2D eigenvalue weighted by Gasteiger charge is -2.40. The van der Waals surface area contributed by atoms with Gasteiger partial charge in [-0.05, 0) is 47.1 Å². The summed E-state index contributed by atoms with van der Waals surface area (Å²) in [5, 5.41) is 0. The van der Waals surface area contributed by atoms with Gasteiger partial charge in [0.1, 0.15) is 0 Å². The van der Waals surface area contributed by atoms with E-state index in [1.165, 1.54) is 30.4 Å². The van der Waals surface area contributed by atoms with E-state index in [2.05, 4.69) is 86.3 Å². The lowest BCUT2D eigenvalue weighted by Crippen LogP contribution is -2.40. The van der Waals surface area contributed by atoms with Crippen LogP contribution in [0.15, 0.2) is 60.7 Å². The Hall–Kier alpha value is -1.60. The van der Waals surface area contributed by atoms with Gasteiger partial charge in [-0.3, -0.25) is 4.90 Å². The van der Waals surface area contributed by atoms with Gasteiger partial charge in [0.05, 0.1) is 12.1 Å². The first-order chi connectivity index (χ1) is 12.0. The molecular formula is C24H29N. The second kappa shape index (κ2) is 5.20. The fraction of sp³-hybridized carbons (Fsp3) is 0.500. The molecule has 5 rings (SSSR count). The van der Waals surface area contributed by atoms with Crippen LogP contribution in [0.2, 0.25) is 0 Å². The van der Waals surface area contributed by atoms with Crippen LogP contribution in [0, 0.1) is 16.7 Å². The Kier molecular flexibility index (Phi) is 3.26. The third-order valence-electron chi connectivity index (χ3n) is 8.24. The summed E-state index contributed by atoms with van der Waals surface area (Å²) in [6.45, 7) is 7.64. The highest BCUT2D eigenvalue weighted by atomic mass is 15.4. The third kappa shape index (κ3) is 2.05. The summed E-state index contributed by atoms with van der Waals surface area (Å²) in [5.74, 6) is 0.899. The Morgan fingerprint density at radius 2 is 1.32 bits per heavy atom. The molecule has 2 aliphatic carbocycles. The molecule has 2 aromatic rings. The largest absolute Gasteiger partial charge is 0.282 e. The Labute approximate surface area is 152 Å². The van der Waals surface area contributed by atoms with Gasteiger partial charge in [0.25, 0.3) is 0 Å². The monoisotopic (exact) mass is 331 g/mol. The van der Waals surface area contributed by atoms with Crippen LogP contribution in [-0.2, 0) is 0 Å². The van der Waals surface area contributed by atoms with E-state index in [9.17, 15) is 0 Å². The van der Waals surface area contributed by atoms with Gasteiger partial charge in [0, 0.05) is 6.04 Å². The third-order valence-corrected chi connectivity index (χ3v) is 8.24. The summed E-state index contributed by atoms with van der Waals surface area (Å²) in [4.78, 5) is 2.85. The maximum atomic E-state index is 2.85. The molecule has 0 spiro atoms. The molecule has 1 aliphatic heterocycles. The minimum absolute atomic E-state index is 0.453. The van der Waals surface area contributed by atoms with Crippen molar-refractivity contribution in [1.29, 1.82) is 0 Å². The zero-order valence-electron chi connectivity index (χ0n) is 15.7. The van der Waals surface area contributed by atoms with Crippen LogP contribution in [0.5, 0.6) is 0 Å². The second-order valence-corrected chi connectivity index (χ2v) is 9.28. The van der Waals surface area contributed by atoms with Crippen molar-refractivity contribution in [3.8, 4) is 0 Å². The standard InChI is InChI=1S/C24H29N/c1-23(2)19-14-15-24(23,3)20(16-19)25-21(17-10-6-4-7-11-17)22(25)18-12-8-5-9-13-18/h4-13,19-22H,14-16H2,1-3H3. The minimum atomic E-state index is 0.453. The number of benzene rings is 2. The molecule has 1 saturated heterocycles. The number of rotatable bonds is 3. The highest BCUT2D eigenvalue weighted by Gasteiger charge is 2.67. The van der Waals surface area contributed by atoms with Crippen LogP contribution < -0.4 is 0 Å². The fourth-order valence-electron chi connectivity index (χ4n) is 6.26. The SMILES string of the molecule is CC1(C)C2CCC1(C)C(N1C(c3ccccc3)C1c1ccccc1)C2. The summed E-state index contributed by atoms with van der Waals surface area (Å²) in [6, 6.07) is 24.2. The molecule has 1 heterocycles. The van der Waals surface area contributed by atoms with Gasteiger partial charge in [-0.25, -0.2) is 0 Å². The molecule has 5 unspecified atom stereocenters. The first-order valence-electron chi connectivity index (χ1n) is 9.91. The van der Waals surface area contributed by atoms with E-state index < -0.39 is 0 Å². The molecule has 2 bridgehead atoms. The van der Waals surface area contributed by atoms with E-state index in [-0.39, 0.29) is 0 Å². The summed E-state index contributed by atoms with van der Waals surface area (Å²) < 4.78 is 0. The molecule has 3 fully saturated rings. The zero-order chi connectivity index (χ0) is 17.2. The molecule has 0 radical (unpaired) electrons. The van der Waals surface area contributed by atoms with Crippen LogP contribution >= 0.6 is 0 Å². The Morgan fingerprint density at radius 3 is 1.72 bits per heavy atom. The molecule has 130 valence electrons. The predicted molar refractivity (Wildman–Crippen MR) is 103 cm³/mol. The topological polar surface area (TPSA) is 3.01 Å². The van der Waals surface area contributed by atoms with Crippen molar-refractivity contribution in [1.82, 2.24) is 4.90 Å². The first-order valence-corrected chi connectivity index (χ1v) is 9.91. The molecule has 25 heavy (non-hydrogen) atoms. The fourth-order valence-corrected chi connectivity index (χ4v) is 6.26. The second-order valence-electron chi connectivity index (χ2n) is 9.28. The normalized spacial score (nSPS) is 41.0. The Bertz CT molecular complexity index is 720. The van der Waals surface area contributed by atoms with E-state index >= 15 is 0 Å². The average Bonchev–Trinajstić information content (AvgIpc) is 3.29. The quantitative estimate of drug-likeness (QED) is 0.623. The van der Waals surface area contributed by atoms with Gasteiger partial charge in [-0.15, -0.1) is 0 Å². The number of hydrogen-bond donors (Lipinski definition) is 0. The molecule has 0 N–H and O–H groups in total. The van der Waals surface area contributed by atoms with E-state index in [4.69, 9.17) is 0 Å². The van der Waals surface area contributed by atoms with Gasteiger partial charge in [-0.1, -0.05) is 81.4 Å². The number of hydrogen-bond acceptors (Lipinski definition) is 1. The molecule has 2 saturated carbocycles. The number of fused-ring (bicyclic) bond motifs is 2. The Morgan fingerprint density at radius 1 is 0.800 bits per heavy atom. The van der Waals surface area contributed by atoms with Crippen LogP contribution in [0.1, 0.15) is 63.2 Å². The van der Waals surface area contributed by atoms with Gasteiger partial charge >= 0.3 is 0 Å². The van der Waals surface area contributed by atoms with Crippen molar-refractivity contribution < 1.29 is 0 Å². The molecule has 1 nitrogen and oxygen atoms in total. The molecule has 1 heteroatoms. The van der Waals surface area contributed by atoms with E-state index in [1.54, 1.807) is 0 Å². The van der Waals surface area contributed by atoms with Crippen LogP contribution in [0.4, 0.5) is 0 Å². The van der Waals surface area contributed by atoms with E-state index in [0.717, 1.165) is 12.0 Å².